The third-order valence-corrected chi connectivity index (χ3v) is 1.91. The molecule has 1 aromatic carbocycles. The van der Waals surface area contributed by atoms with Gasteiger partial charge in [0.2, 0.25) is 5.78 Å². The summed E-state index contributed by atoms with van der Waals surface area (Å²) in [6, 6.07) is 6.07. The van der Waals surface area contributed by atoms with Crippen molar-refractivity contribution in [1.82, 2.24) is 0 Å². The minimum absolute atomic E-state index is 0.293. The van der Waals surface area contributed by atoms with Gasteiger partial charge in [0.15, 0.2) is 6.17 Å². The van der Waals surface area contributed by atoms with Crippen molar-refractivity contribution in [2.75, 3.05) is 7.05 Å². The van der Waals surface area contributed by atoms with E-state index in [1.807, 2.05) is 0 Å². The van der Waals surface area contributed by atoms with Gasteiger partial charge in [-0.25, -0.2) is 4.39 Å². The van der Waals surface area contributed by atoms with E-state index in [1.54, 1.807) is 12.1 Å². The predicted molar refractivity (Wildman–Crippen MR) is 55.1 cm³/mol. The van der Waals surface area contributed by atoms with E-state index in [2.05, 4.69) is 4.99 Å². The van der Waals surface area contributed by atoms with Gasteiger partial charge in [-0.3, -0.25) is 9.79 Å². The SMILES string of the molecule is C/N=C\C(F)C(=O)c1ccc(Cl)cc1. The average molecular weight is 214 g/mol. The lowest BCUT2D eigenvalue weighted by Gasteiger charge is -2.01. The largest absolute Gasteiger partial charge is 0.297 e. The van der Waals surface area contributed by atoms with Crippen LogP contribution in [0.4, 0.5) is 4.39 Å². The molecule has 0 saturated heterocycles. The number of Topliss-reactive ketones (excluding diaryl/α,β-unsaturated/α-hetero) is 1. The molecule has 0 aliphatic heterocycles. The highest BCUT2D eigenvalue weighted by Crippen LogP contribution is 2.11. The van der Waals surface area contributed by atoms with Crippen LogP contribution in [0.1, 0.15) is 10.4 Å². The Labute approximate surface area is 86.4 Å². The van der Waals surface area contributed by atoms with E-state index >= 15 is 0 Å². The van der Waals surface area contributed by atoms with Crippen molar-refractivity contribution >= 4 is 23.6 Å². The first-order valence-corrected chi connectivity index (χ1v) is 4.39. The van der Waals surface area contributed by atoms with Crippen molar-refractivity contribution in [1.29, 1.82) is 0 Å². The van der Waals surface area contributed by atoms with Gasteiger partial charge in [-0.1, -0.05) is 11.6 Å². The first kappa shape index (κ1) is 10.9. The Morgan fingerprint density at radius 3 is 2.57 bits per heavy atom. The van der Waals surface area contributed by atoms with Gasteiger partial charge in [0, 0.05) is 23.8 Å². The van der Waals surface area contributed by atoms with Crippen molar-refractivity contribution in [2.45, 2.75) is 6.17 Å². The molecule has 1 unspecified atom stereocenters. The van der Waals surface area contributed by atoms with E-state index in [1.165, 1.54) is 19.2 Å². The fourth-order valence-corrected chi connectivity index (χ4v) is 1.10. The quantitative estimate of drug-likeness (QED) is 0.561. The lowest BCUT2D eigenvalue weighted by molar-refractivity contribution is 0.0928. The number of carbonyl (C=O) groups is 1. The van der Waals surface area contributed by atoms with Gasteiger partial charge < -0.3 is 0 Å². The first-order valence-electron chi connectivity index (χ1n) is 4.01. The topological polar surface area (TPSA) is 29.4 Å². The molecule has 0 spiro atoms. The number of benzene rings is 1. The molecule has 0 aliphatic carbocycles. The van der Waals surface area contributed by atoms with E-state index in [-0.39, 0.29) is 0 Å². The second-order valence-electron chi connectivity index (χ2n) is 2.68. The fraction of sp³-hybridized carbons (Fsp3) is 0.200. The molecule has 1 rings (SSSR count). The van der Waals surface area contributed by atoms with Crippen molar-refractivity contribution in [3.05, 3.63) is 34.9 Å². The van der Waals surface area contributed by atoms with Crippen LogP contribution in [-0.2, 0) is 0 Å². The molecule has 4 heteroatoms. The van der Waals surface area contributed by atoms with E-state index in [0.29, 0.717) is 10.6 Å². The summed E-state index contributed by atoms with van der Waals surface area (Å²) in [5.41, 5.74) is 0.293. The van der Waals surface area contributed by atoms with E-state index in [4.69, 9.17) is 11.6 Å². The highest BCUT2D eigenvalue weighted by molar-refractivity contribution is 6.30. The normalized spacial score (nSPS) is 13.1. The van der Waals surface area contributed by atoms with Crippen LogP contribution in [0.25, 0.3) is 0 Å². The number of hydrogen-bond acceptors (Lipinski definition) is 2. The van der Waals surface area contributed by atoms with Crippen LogP contribution < -0.4 is 0 Å². The zero-order valence-electron chi connectivity index (χ0n) is 7.58. The Bertz CT molecular complexity index is 348. The molecular formula is C10H9ClFNO. The average Bonchev–Trinajstić information content (AvgIpc) is 2.18. The summed E-state index contributed by atoms with van der Waals surface area (Å²) < 4.78 is 13.1. The summed E-state index contributed by atoms with van der Waals surface area (Å²) in [5.74, 6) is -0.604. The highest BCUT2D eigenvalue weighted by Gasteiger charge is 2.16. The summed E-state index contributed by atoms with van der Waals surface area (Å²) in [7, 11) is 1.42. The van der Waals surface area contributed by atoms with E-state index in [9.17, 15) is 9.18 Å². The van der Waals surface area contributed by atoms with Crippen LogP contribution in [0.5, 0.6) is 0 Å². The van der Waals surface area contributed by atoms with Crippen molar-refractivity contribution in [3.63, 3.8) is 0 Å². The molecule has 0 N–H and O–H groups in total. The Hall–Kier alpha value is -1.22. The summed E-state index contributed by atoms with van der Waals surface area (Å²) in [6.07, 6.45) is -0.710. The standard InChI is InChI=1S/C10H9ClFNO/c1-13-6-9(12)10(14)7-2-4-8(11)5-3-7/h2-6,9H,1H3/b13-6-. The molecule has 0 aromatic heterocycles. The highest BCUT2D eigenvalue weighted by atomic mass is 35.5. The summed E-state index contributed by atoms with van der Waals surface area (Å²) in [5, 5.41) is 0.515. The number of aliphatic imine (C=N–C) groups is 1. The molecule has 0 aliphatic rings. The monoisotopic (exact) mass is 213 g/mol. The van der Waals surface area contributed by atoms with Gasteiger partial charge in [-0.05, 0) is 24.3 Å². The molecular weight excluding hydrogens is 205 g/mol. The van der Waals surface area contributed by atoms with Crippen LogP contribution in [0.2, 0.25) is 5.02 Å². The number of nitrogens with zero attached hydrogens (tertiary/aromatic N) is 1. The number of carbonyl (C=O) groups excluding carboxylic acids is 1. The van der Waals surface area contributed by atoms with Gasteiger partial charge in [0.05, 0.1) is 0 Å². The van der Waals surface area contributed by atoms with Gasteiger partial charge in [0.25, 0.3) is 0 Å². The zero-order chi connectivity index (χ0) is 10.6. The number of rotatable bonds is 3. The third-order valence-electron chi connectivity index (χ3n) is 1.66. The molecule has 74 valence electrons. The number of halogens is 2. The lowest BCUT2D eigenvalue weighted by atomic mass is 10.1. The third kappa shape index (κ3) is 2.64. The Balaban J connectivity index is 2.84. The summed E-state index contributed by atoms with van der Waals surface area (Å²) in [4.78, 5) is 14.8. The van der Waals surface area contributed by atoms with Crippen LogP contribution in [0.3, 0.4) is 0 Å². The van der Waals surface area contributed by atoms with E-state index in [0.717, 1.165) is 6.21 Å². The Morgan fingerprint density at radius 1 is 1.50 bits per heavy atom. The second kappa shape index (κ2) is 4.86. The van der Waals surface area contributed by atoms with Gasteiger partial charge >= 0.3 is 0 Å². The minimum Gasteiger partial charge on any atom is -0.297 e. The van der Waals surface area contributed by atoms with Crippen molar-refractivity contribution in [2.24, 2.45) is 4.99 Å². The number of hydrogen-bond donors (Lipinski definition) is 0. The fourth-order valence-electron chi connectivity index (χ4n) is 0.972. The molecule has 1 aromatic rings. The molecule has 0 heterocycles. The number of ketones is 1. The number of alkyl halides is 1. The van der Waals surface area contributed by atoms with E-state index < -0.39 is 12.0 Å². The summed E-state index contributed by atoms with van der Waals surface area (Å²) in [6.45, 7) is 0. The maximum absolute atomic E-state index is 13.1. The van der Waals surface area contributed by atoms with Crippen LogP contribution in [0, 0.1) is 0 Å². The summed E-state index contributed by atoms with van der Waals surface area (Å²) >= 11 is 5.63. The lowest BCUT2D eigenvalue weighted by Crippen LogP contribution is -2.16. The second-order valence-corrected chi connectivity index (χ2v) is 3.12. The molecule has 0 bridgehead atoms. The maximum atomic E-state index is 13.1. The van der Waals surface area contributed by atoms with Gasteiger partial charge in [0.1, 0.15) is 0 Å². The Morgan fingerprint density at radius 2 is 2.07 bits per heavy atom. The molecule has 0 radical (unpaired) electrons. The smallest absolute Gasteiger partial charge is 0.202 e. The van der Waals surface area contributed by atoms with Crippen LogP contribution in [0.15, 0.2) is 29.3 Å². The molecule has 2 nitrogen and oxygen atoms in total. The van der Waals surface area contributed by atoms with Gasteiger partial charge in [-0.15, -0.1) is 0 Å². The molecule has 0 fully saturated rings. The van der Waals surface area contributed by atoms with Gasteiger partial charge in [-0.2, -0.15) is 0 Å². The van der Waals surface area contributed by atoms with Crippen LogP contribution >= 0.6 is 11.6 Å². The molecule has 0 saturated carbocycles. The van der Waals surface area contributed by atoms with Crippen molar-refractivity contribution < 1.29 is 9.18 Å². The molecule has 14 heavy (non-hydrogen) atoms. The van der Waals surface area contributed by atoms with Crippen LogP contribution in [-0.4, -0.2) is 25.2 Å². The minimum atomic E-state index is -1.68. The molecule has 0 amide bonds. The Kier molecular flexibility index (Phi) is 3.77. The zero-order valence-corrected chi connectivity index (χ0v) is 8.33. The predicted octanol–water partition coefficient (Wildman–Crippen LogP) is 2.56. The first-order chi connectivity index (χ1) is 6.65. The maximum Gasteiger partial charge on any atom is 0.202 e. The van der Waals surface area contributed by atoms with Crippen molar-refractivity contribution in [3.8, 4) is 0 Å². The molecule has 1 atom stereocenters.